The van der Waals surface area contributed by atoms with Crippen LogP contribution in [0.1, 0.15) is 38.6 Å². The average molecular weight is 333 g/mol. The van der Waals surface area contributed by atoms with Crippen LogP contribution in [0.25, 0.3) is 0 Å². The molecule has 2 heterocycles. The van der Waals surface area contributed by atoms with Gasteiger partial charge >= 0.3 is 0 Å². The number of hydrogen-bond donors (Lipinski definition) is 1. The number of carbonyl (C=O) groups is 1. The Morgan fingerprint density at radius 2 is 1.88 bits per heavy atom. The molecule has 3 aromatic rings. The highest BCUT2D eigenvalue weighted by molar-refractivity contribution is 6.05. The van der Waals surface area contributed by atoms with Crippen molar-refractivity contribution in [3.8, 4) is 0 Å². The van der Waals surface area contributed by atoms with E-state index in [1.54, 1.807) is 6.20 Å². The summed E-state index contributed by atoms with van der Waals surface area (Å²) >= 11 is 0. The van der Waals surface area contributed by atoms with Gasteiger partial charge in [-0.15, -0.1) is 0 Å². The lowest BCUT2D eigenvalue weighted by Crippen LogP contribution is -2.14. The van der Waals surface area contributed by atoms with Crippen molar-refractivity contribution in [3.05, 3.63) is 82.4 Å². The summed E-state index contributed by atoms with van der Waals surface area (Å²) in [6, 6.07) is 13.9. The quantitative estimate of drug-likeness (QED) is 0.768. The molecule has 1 amide bonds. The Morgan fingerprint density at radius 3 is 2.60 bits per heavy atom. The van der Waals surface area contributed by atoms with E-state index in [0.29, 0.717) is 12.1 Å². The summed E-state index contributed by atoms with van der Waals surface area (Å²) in [5.74, 6) is -0.0749. The molecular weight excluding hydrogens is 310 g/mol. The van der Waals surface area contributed by atoms with Gasteiger partial charge in [-0.25, -0.2) is 0 Å². The molecule has 0 aliphatic carbocycles. The first-order valence-corrected chi connectivity index (χ1v) is 8.41. The van der Waals surface area contributed by atoms with E-state index in [2.05, 4.69) is 14.9 Å². The molecule has 4 nitrogen and oxygen atoms in total. The largest absolute Gasteiger partial charge is 0.342 e. The maximum atomic E-state index is 12.8. The van der Waals surface area contributed by atoms with Crippen molar-refractivity contribution in [2.75, 3.05) is 5.32 Å². The van der Waals surface area contributed by atoms with Crippen molar-refractivity contribution in [3.63, 3.8) is 0 Å². The molecule has 0 atom stereocenters. The van der Waals surface area contributed by atoms with Crippen LogP contribution in [0.15, 0.2) is 48.7 Å². The van der Waals surface area contributed by atoms with Crippen molar-refractivity contribution >= 4 is 11.6 Å². The molecule has 1 aromatic carbocycles. The molecule has 128 valence electrons. The lowest BCUT2D eigenvalue weighted by Gasteiger charge is -2.11. The minimum atomic E-state index is -0.0749. The van der Waals surface area contributed by atoms with Gasteiger partial charge in [-0.05, 0) is 63.1 Å². The lowest BCUT2D eigenvalue weighted by atomic mass is 10.1. The van der Waals surface area contributed by atoms with Crippen molar-refractivity contribution in [2.24, 2.45) is 0 Å². The third kappa shape index (κ3) is 3.63. The summed E-state index contributed by atoms with van der Waals surface area (Å²) in [5, 5.41) is 3.04. The highest BCUT2D eigenvalue weighted by Crippen LogP contribution is 2.21. The SMILES string of the molecule is Cc1ccc(C)c(NC(=O)c2cc(C)n(Cc3ccccn3)c2C)c1. The van der Waals surface area contributed by atoms with E-state index in [-0.39, 0.29) is 5.91 Å². The summed E-state index contributed by atoms with van der Waals surface area (Å²) in [6.07, 6.45) is 1.79. The number of aryl methyl sites for hydroxylation is 3. The molecule has 0 spiro atoms. The summed E-state index contributed by atoms with van der Waals surface area (Å²) < 4.78 is 2.13. The van der Waals surface area contributed by atoms with Crippen LogP contribution in [0.3, 0.4) is 0 Å². The monoisotopic (exact) mass is 333 g/mol. The second kappa shape index (κ2) is 6.93. The maximum Gasteiger partial charge on any atom is 0.257 e. The number of aromatic nitrogens is 2. The molecule has 2 aromatic heterocycles. The molecule has 0 unspecified atom stereocenters. The molecule has 3 rings (SSSR count). The van der Waals surface area contributed by atoms with E-state index in [4.69, 9.17) is 0 Å². The maximum absolute atomic E-state index is 12.8. The molecule has 0 saturated heterocycles. The zero-order valence-electron chi connectivity index (χ0n) is 15.1. The zero-order valence-corrected chi connectivity index (χ0v) is 15.1. The predicted molar refractivity (Wildman–Crippen MR) is 101 cm³/mol. The minimum absolute atomic E-state index is 0.0749. The number of anilines is 1. The Hall–Kier alpha value is -2.88. The fourth-order valence-electron chi connectivity index (χ4n) is 2.99. The van der Waals surface area contributed by atoms with E-state index in [9.17, 15) is 4.79 Å². The summed E-state index contributed by atoms with van der Waals surface area (Å²) in [6.45, 7) is 8.68. The number of pyridine rings is 1. The standard InChI is InChI=1S/C21H23N3O/c1-14-8-9-15(2)20(11-14)23-21(25)19-12-16(3)24(17(19)4)13-18-7-5-6-10-22-18/h5-12H,13H2,1-4H3,(H,23,25). The van der Waals surface area contributed by atoms with E-state index >= 15 is 0 Å². The molecule has 1 N–H and O–H groups in total. The van der Waals surface area contributed by atoms with E-state index in [1.807, 2.05) is 70.2 Å². The molecular formula is C21H23N3O. The second-order valence-corrected chi connectivity index (χ2v) is 6.46. The van der Waals surface area contributed by atoms with Crippen LogP contribution in [0.5, 0.6) is 0 Å². The van der Waals surface area contributed by atoms with E-state index in [0.717, 1.165) is 33.9 Å². The molecule has 0 fully saturated rings. The number of nitrogens with zero attached hydrogens (tertiary/aromatic N) is 2. The number of nitrogens with one attached hydrogen (secondary N) is 1. The van der Waals surface area contributed by atoms with E-state index in [1.165, 1.54) is 0 Å². The van der Waals surface area contributed by atoms with Gasteiger partial charge in [0.15, 0.2) is 0 Å². The third-order valence-corrected chi connectivity index (χ3v) is 4.51. The van der Waals surface area contributed by atoms with Gasteiger partial charge in [-0.2, -0.15) is 0 Å². The fourth-order valence-corrected chi connectivity index (χ4v) is 2.99. The van der Waals surface area contributed by atoms with Crippen molar-refractivity contribution in [1.82, 2.24) is 9.55 Å². The molecule has 0 aliphatic heterocycles. The normalized spacial score (nSPS) is 10.7. The van der Waals surface area contributed by atoms with Gasteiger partial charge in [-0.1, -0.05) is 18.2 Å². The topological polar surface area (TPSA) is 46.9 Å². The number of hydrogen-bond acceptors (Lipinski definition) is 2. The zero-order chi connectivity index (χ0) is 18.0. The smallest absolute Gasteiger partial charge is 0.257 e. The molecule has 0 radical (unpaired) electrons. The molecule has 0 aliphatic rings. The predicted octanol–water partition coefficient (Wildman–Crippen LogP) is 4.42. The van der Waals surface area contributed by atoms with Crippen LogP contribution in [0, 0.1) is 27.7 Å². The highest BCUT2D eigenvalue weighted by atomic mass is 16.1. The van der Waals surface area contributed by atoms with Crippen LogP contribution in [-0.2, 0) is 6.54 Å². The van der Waals surface area contributed by atoms with Gasteiger partial charge in [0.05, 0.1) is 17.8 Å². The van der Waals surface area contributed by atoms with Gasteiger partial charge < -0.3 is 9.88 Å². The van der Waals surface area contributed by atoms with E-state index < -0.39 is 0 Å². The van der Waals surface area contributed by atoms with Crippen molar-refractivity contribution in [2.45, 2.75) is 34.2 Å². The summed E-state index contributed by atoms with van der Waals surface area (Å²) in [7, 11) is 0. The molecule has 0 saturated carbocycles. The average Bonchev–Trinajstić information content (AvgIpc) is 2.87. The van der Waals surface area contributed by atoms with Gasteiger partial charge in [0, 0.05) is 23.3 Å². The third-order valence-electron chi connectivity index (χ3n) is 4.51. The summed E-state index contributed by atoms with van der Waals surface area (Å²) in [4.78, 5) is 17.2. The number of benzene rings is 1. The Morgan fingerprint density at radius 1 is 1.08 bits per heavy atom. The van der Waals surface area contributed by atoms with Crippen LogP contribution in [0.2, 0.25) is 0 Å². The first-order valence-electron chi connectivity index (χ1n) is 8.41. The molecule has 4 heteroatoms. The highest BCUT2D eigenvalue weighted by Gasteiger charge is 2.17. The second-order valence-electron chi connectivity index (χ2n) is 6.46. The summed E-state index contributed by atoms with van der Waals surface area (Å²) in [5.41, 5.74) is 6.72. The van der Waals surface area contributed by atoms with Gasteiger partial charge in [0.25, 0.3) is 5.91 Å². The number of amides is 1. The van der Waals surface area contributed by atoms with Gasteiger partial charge in [0.2, 0.25) is 0 Å². The van der Waals surface area contributed by atoms with Crippen LogP contribution < -0.4 is 5.32 Å². The Kier molecular flexibility index (Phi) is 4.70. The van der Waals surface area contributed by atoms with Crippen LogP contribution in [-0.4, -0.2) is 15.5 Å². The van der Waals surface area contributed by atoms with Gasteiger partial charge in [-0.3, -0.25) is 9.78 Å². The lowest BCUT2D eigenvalue weighted by molar-refractivity contribution is 0.102. The molecule has 0 bridgehead atoms. The van der Waals surface area contributed by atoms with Crippen molar-refractivity contribution in [1.29, 1.82) is 0 Å². The first-order chi connectivity index (χ1) is 12.0. The van der Waals surface area contributed by atoms with Crippen LogP contribution >= 0.6 is 0 Å². The first kappa shape index (κ1) is 17.0. The van der Waals surface area contributed by atoms with Gasteiger partial charge in [0.1, 0.15) is 0 Å². The number of rotatable bonds is 4. The minimum Gasteiger partial charge on any atom is -0.342 e. The number of carbonyl (C=O) groups excluding carboxylic acids is 1. The van der Waals surface area contributed by atoms with Crippen molar-refractivity contribution < 1.29 is 4.79 Å². The Labute approximate surface area is 148 Å². The fraction of sp³-hybridized carbons (Fsp3) is 0.238. The molecule has 25 heavy (non-hydrogen) atoms. The Bertz CT molecular complexity index is 910. The Balaban J connectivity index is 1.86. The van der Waals surface area contributed by atoms with Crippen LogP contribution in [0.4, 0.5) is 5.69 Å².